The number of benzene rings is 15. The van der Waals surface area contributed by atoms with Gasteiger partial charge in [0.1, 0.15) is 0 Å². The average Bonchev–Trinajstić information content (AvgIpc) is 1.50. The number of esters is 4. The Bertz CT molecular complexity index is 6810. The van der Waals surface area contributed by atoms with Crippen LogP contribution in [-0.4, -0.2) is 23.9 Å². The summed E-state index contributed by atoms with van der Waals surface area (Å²) in [5.41, 5.74) is 18.8. The van der Waals surface area contributed by atoms with Crippen LogP contribution in [0.4, 0.5) is 0 Å². The molecule has 0 unspecified atom stereocenters. The molecule has 0 bridgehead atoms. The van der Waals surface area contributed by atoms with E-state index in [4.69, 9.17) is 9.47 Å². The molecule has 2 aliphatic rings. The smallest absolute Gasteiger partial charge is 0.346 e. The number of hydrogen-bond donors (Lipinski definition) is 0. The average molecular weight is 1540 g/mol. The number of hydrogen-bond acceptors (Lipinski definition) is 6. The molecule has 21 rings (SSSR count). The normalized spacial score (nSPS) is 14.6. The van der Waals surface area contributed by atoms with Crippen molar-refractivity contribution >= 4 is 175 Å². The molecule has 0 saturated carbocycles. The first-order valence-corrected chi connectivity index (χ1v) is 42.3. The van der Waals surface area contributed by atoms with Crippen molar-refractivity contribution in [2.75, 3.05) is 0 Å². The van der Waals surface area contributed by atoms with E-state index in [1.165, 1.54) is 131 Å². The zero-order valence-corrected chi connectivity index (χ0v) is 72.6. The Morgan fingerprint density at radius 1 is 0.161 bits per heavy atom. The van der Waals surface area contributed by atoms with Gasteiger partial charge in [0.15, 0.2) is 0 Å². The van der Waals surface area contributed by atoms with Gasteiger partial charge in [0.25, 0.3) is 0 Å². The first-order chi connectivity index (χ1) is 55.2. The zero-order valence-electron chi connectivity index (χ0n) is 72.6. The largest absolute Gasteiger partial charge is 0.386 e. The van der Waals surface area contributed by atoms with Crippen molar-refractivity contribution in [2.24, 2.45) is 0 Å². The van der Waals surface area contributed by atoms with E-state index in [1.54, 1.807) is 0 Å². The lowest BCUT2D eigenvalue weighted by Crippen LogP contribution is -2.19. The maximum absolute atomic E-state index is 14.2. The van der Waals surface area contributed by atoms with Crippen molar-refractivity contribution < 1.29 is 28.7 Å². The molecule has 19 aromatic carbocycles. The summed E-state index contributed by atoms with van der Waals surface area (Å²) in [5.74, 6) is -2.50. The molecule has 0 saturated heterocycles. The van der Waals surface area contributed by atoms with E-state index in [0.29, 0.717) is 33.0 Å². The number of rotatable bonds is 4. The van der Waals surface area contributed by atoms with E-state index < -0.39 is 23.9 Å². The molecule has 0 radical (unpaired) electrons. The summed E-state index contributed by atoms with van der Waals surface area (Å²) in [6.45, 7) is 55.8. The fraction of sp³-hybridized carbons (Fsp3) is 0.286. The van der Waals surface area contributed by atoms with Gasteiger partial charge >= 0.3 is 23.9 Å². The van der Waals surface area contributed by atoms with E-state index in [9.17, 15) is 19.2 Å². The van der Waals surface area contributed by atoms with Crippen molar-refractivity contribution in [2.45, 2.75) is 209 Å². The van der Waals surface area contributed by atoms with Gasteiger partial charge in [-0.2, -0.15) is 0 Å². The van der Waals surface area contributed by atoms with E-state index in [-0.39, 0.29) is 43.3 Å². The standard InChI is InChI=1S/C112H100O6/c1-105(2,3)57-41-53(42-58(49-57)106(4,5)6)81-93-69-29-25-65-67-27-31-71-88-72(32-28-68(86(67)88)66-26-30-70(87(69)85(65)66)94(93)82(54-43-59(107(7,8)9)50-60(44-54)108(10,11)12)98-74-34-38-78-91-77(101(113)117-102(78)114)37-33-73(89(74)91)97(81)98)96-84(56-47-63(111(19,20)21)52-64(48-56)112(22,23)24)100-76-36-40-80-92-79(103(115)118-104(80)116)39-35-75(90(76)92)99(100)83(95(71)96)55-45-61(109(13,14)15)51-62(46-55)110(16,17)18/h25-52H,1-24H3. The molecule has 0 aliphatic carbocycles. The predicted molar refractivity (Wildman–Crippen MR) is 498 cm³/mol. The Labute approximate surface area is 689 Å². The lowest BCUT2D eigenvalue weighted by molar-refractivity contribution is 0.0373. The third-order valence-electron chi connectivity index (χ3n) is 27.4. The van der Waals surface area contributed by atoms with E-state index in [1.807, 2.05) is 24.3 Å². The van der Waals surface area contributed by atoms with Crippen molar-refractivity contribution in [1.82, 2.24) is 0 Å². The van der Waals surface area contributed by atoms with Crippen LogP contribution in [0.1, 0.15) is 252 Å². The molecule has 584 valence electrons. The van der Waals surface area contributed by atoms with Crippen LogP contribution < -0.4 is 0 Å². The van der Waals surface area contributed by atoms with E-state index in [0.717, 1.165) is 98.4 Å². The van der Waals surface area contributed by atoms with Crippen LogP contribution in [-0.2, 0) is 52.8 Å². The van der Waals surface area contributed by atoms with Crippen LogP contribution in [0.2, 0.25) is 0 Å². The lowest BCUT2D eigenvalue weighted by Gasteiger charge is -2.28. The van der Waals surface area contributed by atoms with Crippen LogP contribution in [0.25, 0.3) is 195 Å². The van der Waals surface area contributed by atoms with Crippen LogP contribution in [0.5, 0.6) is 0 Å². The minimum Gasteiger partial charge on any atom is -0.386 e. The minimum atomic E-state index is -0.625. The van der Waals surface area contributed by atoms with Crippen molar-refractivity contribution in [1.29, 1.82) is 0 Å². The summed E-state index contributed by atoms with van der Waals surface area (Å²) < 4.78 is 11.1. The van der Waals surface area contributed by atoms with Gasteiger partial charge in [0.2, 0.25) is 0 Å². The maximum Gasteiger partial charge on any atom is 0.346 e. The molecule has 0 aromatic heterocycles. The number of fused-ring (bicyclic) bond motifs is 14. The third-order valence-corrected chi connectivity index (χ3v) is 27.4. The second-order valence-corrected chi connectivity index (χ2v) is 43.3. The number of cyclic esters (lactones) is 4. The summed E-state index contributed by atoms with van der Waals surface area (Å²) >= 11 is 0. The molecule has 2 heterocycles. The maximum atomic E-state index is 14.2. The van der Waals surface area contributed by atoms with Gasteiger partial charge in [-0.3, -0.25) is 0 Å². The molecule has 6 heteroatoms. The number of carbonyl (C=O) groups excluding carboxylic acids is 4. The summed E-state index contributed by atoms with van der Waals surface area (Å²) in [4.78, 5) is 56.7. The lowest BCUT2D eigenvalue weighted by atomic mass is 9.76. The Morgan fingerprint density at radius 2 is 0.297 bits per heavy atom. The number of carbonyl (C=O) groups is 4. The van der Waals surface area contributed by atoms with Crippen molar-refractivity contribution in [3.63, 3.8) is 0 Å². The molecule has 0 amide bonds. The van der Waals surface area contributed by atoms with Crippen LogP contribution in [0, 0.1) is 0 Å². The van der Waals surface area contributed by atoms with Gasteiger partial charge in [-0.1, -0.05) is 312 Å². The highest BCUT2D eigenvalue weighted by atomic mass is 16.6. The second-order valence-electron chi connectivity index (χ2n) is 43.3. The van der Waals surface area contributed by atoms with Crippen LogP contribution in [0.15, 0.2) is 170 Å². The van der Waals surface area contributed by atoms with Gasteiger partial charge in [-0.25, -0.2) is 19.2 Å². The summed E-state index contributed by atoms with van der Waals surface area (Å²) in [6.07, 6.45) is 0. The molecule has 2 aliphatic heterocycles. The summed E-state index contributed by atoms with van der Waals surface area (Å²) in [7, 11) is 0. The second kappa shape index (κ2) is 23.2. The molecule has 0 spiro atoms. The Kier molecular flexibility index (Phi) is 14.6. The summed E-state index contributed by atoms with van der Waals surface area (Å²) in [6, 6.07) is 65.3. The first-order valence-electron chi connectivity index (χ1n) is 42.3. The highest BCUT2D eigenvalue weighted by molar-refractivity contribution is 6.54. The van der Waals surface area contributed by atoms with Crippen LogP contribution in [0.3, 0.4) is 0 Å². The Balaban J connectivity index is 0.979. The molecule has 0 fully saturated rings. The molecule has 0 N–H and O–H groups in total. The topological polar surface area (TPSA) is 86.7 Å². The SMILES string of the molecule is CC(C)(C)c1cc(-c2c3c4ccc5c6c(ccc(c3c(-c3cc(C(C)(C)C)cc(C(C)(C)C)c3)c3c7ccc8c9ccc%10c%11c(-c%12cc(C(C)(C)C)cc(C(C)(C)C)c%12)c%12c%13ccc%14c%15c(ccc(c%12c(-c%12cc(C(C)(C)C)cc(C(C)(C)C)c%12)c%11c%11ccc(c%12ccc(c23)c7c%128)c9c%11%10)c%15%13)C(=O)OC%14=O)c64)C(=O)OC5=O)cc(C(C)(C)C)c1. The summed E-state index contributed by atoms with van der Waals surface area (Å²) in [5, 5.41) is 30.5. The Morgan fingerprint density at radius 3 is 0.458 bits per heavy atom. The first kappa shape index (κ1) is 74.0. The number of ether oxygens (including phenoxy) is 2. The van der Waals surface area contributed by atoms with Gasteiger partial charge in [0, 0.05) is 10.8 Å². The van der Waals surface area contributed by atoms with E-state index >= 15 is 0 Å². The molecule has 6 nitrogen and oxygen atoms in total. The fourth-order valence-electron chi connectivity index (χ4n) is 21.0. The van der Waals surface area contributed by atoms with Crippen LogP contribution >= 0.6 is 0 Å². The quantitative estimate of drug-likeness (QED) is 0.0755. The minimum absolute atomic E-state index is 0.227. The monoisotopic (exact) mass is 1540 g/mol. The Hall–Kier alpha value is -11.6. The molecular weight excluding hydrogens is 1440 g/mol. The van der Waals surface area contributed by atoms with Gasteiger partial charge in [-0.15, -0.1) is 0 Å². The van der Waals surface area contributed by atoms with Crippen molar-refractivity contribution in [3.05, 3.63) is 237 Å². The molecular formula is C112H100O6. The molecule has 0 atom stereocenters. The highest BCUT2D eigenvalue weighted by Gasteiger charge is 2.40. The zero-order chi connectivity index (χ0) is 83.2. The molecule has 19 aromatic rings. The highest BCUT2D eigenvalue weighted by Crippen LogP contribution is 2.63. The third kappa shape index (κ3) is 10.1. The van der Waals surface area contributed by atoms with Gasteiger partial charge in [-0.05, 0) is 297 Å². The fourth-order valence-corrected chi connectivity index (χ4v) is 21.0. The van der Waals surface area contributed by atoms with Crippen molar-refractivity contribution in [3.8, 4) is 44.5 Å². The van der Waals surface area contributed by atoms with E-state index in [2.05, 4.69) is 312 Å². The predicted octanol–water partition coefficient (Wildman–Crippen LogP) is 30.7. The molecule has 118 heavy (non-hydrogen) atoms. The van der Waals surface area contributed by atoms with Gasteiger partial charge < -0.3 is 9.47 Å². The van der Waals surface area contributed by atoms with Gasteiger partial charge in [0.05, 0.1) is 22.3 Å².